The minimum absolute atomic E-state index is 1.10. The van der Waals surface area contributed by atoms with Crippen LogP contribution >= 0.6 is 0 Å². The Kier molecular flexibility index (Phi) is 6.65. The normalized spacial score (nSPS) is 10.7. The van der Waals surface area contributed by atoms with Crippen LogP contribution in [-0.2, 0) is 6.42 Å². The summed E-state index contributed by atoms with van der Waals surface area (Å²) in [6.45, 7) is 8.31. The molecule has 0 N–H and O–H groups in total. The third kappa shape index (κ3) is 5.20. The Morgan fingerprint density at radius 3 is 1.52 bits per heavy atom. The minimum Gasteiger partial charge on any atom is -0.0955 e. The Hall–Kier alpha value is -2.60. The fraction of sp³-hybridized carbons (Fsp3) is 0.259. The molecule has 0 bridgehead atoms. The fourth-order valence-corrected chi connectivity index (χ4v) is 3.42. The summed E-state index contributed by atoms with van der Waals surface area (Å²) in [5.74, 6) is 0. The second-order valence-corrected chi connectivity index (χ2v) is 7.44. The van der Waals surface area contributed by atoms with E-state index in [0.717, 1.165) is 5.57 Å². The van der Waals surface area contributed by atoms with Gasteiger partial charge in [-0.25, -0.2) is 0 Å². The molecular weight excluding hydrogens is 324 g/mol. The molecule has 0 saturated carbocycles. The zero-order valence-electron chi connectivity index (χ0n) is 16.7. The first-order chi connectivity index (χ1) is 13.2. The molecule has 3 rings (SSSR count). The van der Waals surface area contributed by atoms with E-state index in [2.05, 4.69) is 86.3 Å². The molecule has 0 heterocycles. The first-order valence-electron chi connectivity index (χ1n) is 10.1. The Morgan fingerprint density at radius 2 is 1.07 bits per heavy atom. The predicted octanol–water partition coefficient (Wildman–Crippen LogP) is 8.18. The van der Waals surface area contributed by atoms with Gasteiger partial charge < -0.3 is 0 Å². The molecule has 0 radical (unpaired) electrons. The standard InChI is InChI=1S/C27H30/c1-4-5-6-7-8-22-9-11-24(12-10-22)26-17-19-27(20-18-26)25-15-13-23(14-16-25)21(2)3/h9-20H,2,4-8H2,1,3H3. The lowest BCUT2D eigenvalue weighted by Crippen LogP contribution is -1.87. The molecule has 0 aliphatic carbocycles. The van der Waals surface area contributed by atoms with Crippen LogP contribution in [-0.4, -0.2) is 0 Å². The van der Waals surface area contributed by atoms with Gasteiger partial charge in [-0.3, -0.25) is 0 Å². The van der Waals surface area contributed by atoms with Crippen LogP contribution in [0.4, 0.5) is 0 Å². The lowest BCUT2D eigenvalue weighted by Gasteiger charge is -2.08. The van der Waals surface area contributed by atoms with Gasteiger partial charge in [-0.1, -0.05) is 111 Å². The van der Waals surface area contributed by atoms with Gasteiger partial charge in [0.05, 0.1) is 0 Å². The number of rotatable bonds is 8. The summed E-state index contributed by atoms with van der Waals surface area (Å²) in [5, 5.41) is 0. The third-order valence-corrected chi connectivity index (χ3v) is 5.20. The van der Waals surface area contributed by atoms with Crippen LogP contribution in [0, 0.1) is 0 Å². The predicted molar refractivity (Wildman–Crippen MR) is 120 cm³/mol. The van der Waals surface area contributed by atoms with Gasteiger partial charge in [0.1, 0.15) is 0 Å². The second kappa shape index (κ2) is 9.37. The highest BCUT2D eigenvalue weighted by molar-refractivity contribution is 5.72. The van der Waals surface area contributed by atoms with Crippen molar-refractivity contribution in [2.24, 2.45) is 0 Å². The van der Waals surface area contributed by atoms with Crippen molar-refractivity contribution >= 4 is 5.57 Å². The van der Waals surface area contributed by atoms with Gasteiger partial charge in [-0.15, -0.1) is 0 Å². The maximum atomic E-state index is 4.00. The van der Waals surface area contributed by atoms with Crippen molar-refractivity contribution < 1.29 is 0 Å². The number of hydrogen-bond acceptors (Lipinski definition) is 0. The molecule has 3 aromatic rings. The smallest absolute Gasteiger partial charge is 0.0184 e. The van der Waals surface area contributed by atoms with Crippen LogP contribution in [0.1, 0.15) is 50.7 Å². The molecule has 0 amide bonds. The largest absolute Gasteiger partial charge is 0.0955 e. The van der Waals surface area contributed by atoms with Crippen LogP contribution in [0.2, 0.25) is 0 Å². The Balaban J connectivity index is 1.67. The van der Waals surface area contributed by atoms with E-state index in [1.54, 1.807) is 0 Å². The average molecular weight is 355 g/mol. The molecule has 0 atom stereocenters. The van der Waals surface area contributed by atoms with Gasteiger partial charge in [-0.05, 0) is 53.1 Å². The van der Waals surface area contributed by atoms with E-state index in [-0.39, 0.29) is 0 Å². The summed E-state index contributed by atoms with van der Waals surface area (Å²) in [6.07, 6.45) is 6.48. The number of benzene rings is 3. The number of hydrogen-bond donors (Lipinski definition) is 0. The quantitative estimate of drug-likeness (QED) is 0.358. The van der Waals surface area contributed by atoms with Crippen molar-refractivity contribution in [3.8, 4) is 22.3 Å². The fourth-order valence-electron chi connectivity index (χ4n) is 3.42. The van der Waals surface area contributed by atoms with E-state index in [1.807, 2.05) is 6.92 Å². The van der Waals surface area contributed by atoms with Crippen LogP contribution in [0.3, 0.4) is 0 Å². The second-order valence-electron chi connectivity index (χ2n) is 7.44. The van der Waals surface area contributed by atoms with Gasteiger partial charge in [0.25, 0.3) is 0 Å². The van der Waals surface area contributed by atoms with Gasteiger partial charge in [0.2, 0.25) is 0 Å². The van der Waals surface area contributed by atoms with Crippen LogP contribution in [0.25, 0.3) is 27.8 Å². The molecular formula is C27H30. The molecule has 0 aromatic heterocycles. The highest BCUT2D eigenvalue weighted by atomic mass is 14.1. The molecule has 0 saturated heterocycles. The van der Waals surface area contributed by atoms with E-state index >= 15 is 0 Å². The van der Waals surface area contributed by atoms with Crippen molar-refractivity contribution in [2.45, 2.75) is 46.0 Å². The van der Waals surface area contributed by atoms with Crippen LogP contribution < -0.4 is 0 Å². The molecule has 0 unspecified atom stereocenters. The SMILES string of the molecule is C=C(C)c1ccc(-c2ccc(-c3ccc(CCCCCC)cc3)cc2)cc1. The van der Waals surface area contributed by atoms with Crippen molar-refractivity contribution in [2.75, 3.05) is 0 Å². The summed E-state index contributed by atoms with van der Waals surface area (Å²) < 4.78 is 0. The Labute approximate surface area is 164 Å². The molecule has 0 spiro atoms. The van der Waals surface area contributed by atoms with E-state index in [4.69, 9.17) is 0 Å². The number of unbranched alkanes of at least 4 members (excludes halogenated alkanes) is 3. The van der Waals surface area contributed by atoms with Crippen molar-refractivity contribution in [3.63, 3.8) is 0 Å². The zero-order valence-corrected chi connectivity index (χ0v) is 16.7. The minimum atomic E-state index is 1.10. The summed E-state index contributed by atoms with van der Waals surface area (Å²) in [5.41, 5.74) is 8.81. The monoisotopic (exact) mass is 354 g/mol. The van der Waals surface area contributed by atoms with E-state index in [0.29, 0.717) is 0 Å². The first kappa shape index (κ1) is 19.2. The van der Waals surface area contributed by atoms with E-state index < -0.39 is 0 Å². The van der Waals surface area contributed by atoms with Crippen molar-refractivity contribution in [1.82, 2.24) is 0 Å². The summed E-state index contributed by atoms with van der Waals surface area (Å²) >= 11 is 0. The van der Waals surface area contributed by atoms with E-state index in [9.17, 15) is 0 Å². The first-order valence-corrected chi connectivity index (χ1v) is 10.1. The highest BCUT2D eigenvalue weighted by Gasteiger charge is 2.02. The van der Waals surface area contributed by atoms with Gasteiger partial charge >= 0.3 is 0 Å². The summed E-state index contributed by atoms with van der Waals surface area (Å²) in [4.78, 5) is 0. The van der Waals surface area contributed by atoms with Gasteiger partial charge in [-0.2, -0.15) is 0 Å². The highest BCUT2D eigenvalue weighted by Crippen LogP contribution is 2.26. The van der Waals surface area contributed by atoms with Crippen LogP contribution in [0.5, 0.6) is 0 Å². The molecule has 27 heavy (non-hydrogen) atoms. The maximum Gasteiger partial charge on any atom is -0.0184 e. The molecule has 138 valence electrons. The molecule has 3 aromatic carbocycles. The average Bonchev–Trinajstić information content (AvgIpc) is 2.72. The Morgan fingerprint density at radius 1 is 0.630 bits per heavy atom. The maximum absolute atomic E-state index is 4.00. The summed E-state index contributed by atoms with van der Waals surface area (Å²) in [7, 11) is 0. The van der Waals surface area contributed by atoms with Gasteiger partial charge in [0.15, 0.2) is 0 Å². The number of aryl methyl sites for hydroxylation is 1. The molecule has 0 fully saturated rings. The third-order valence-electron chi connectivity index (χ3n) is 5.20. The van der Waals surface area contributed by atoms with Gasteiger partial charge in [0, 0.05) is 0 Å². The van der Waals surface area contributed by atoms with Crippen molar-refractivity contribution in [3.05, 3.63) is 90.5 Å². The summed E-state index contributed by atoms with van der Waals surface area (Å²) in [6, 6.07) is 26.6. The molecule has 0 heteroatoms. The lowest BCUT2D eigenvalue weighted by atomic mass is 9.97. The number of allylic oxidation sites excluding steroid dienone is 1. The Bertz CT molecular complexity index is 849. The van der Waals surface area contributed by atoms with Crippen molar-refractivity contribution in [1.29, 1.82) is 0 Å². The topological polar surface area (TPSA) is 0 Å². The molecule has 0 aliphatic heterocycles. The molecule has 0 aliphatic rings. The zero-order chi connectivity index (χ0) is 19.1. The lowest BCUT2D eigenvalue weighted by molar-refractivity contribution is 0.667. The van der Waals surface area contributed by atoms with Crippen LogP contribution in [0.15, 0.2) is 79.4 Å². The molecule has 0 nitrogen and oxygen atoms in total. The van der Waals surface area contributed by atoms with E-state index in [1.165, 1.54) is 65.5 Å².